The first kappa shape index (κ1) is 15.4. The molecule has 0 radical (unpaired) electrons. The monoisotopic (exact) mass is 312 g/mol. The van der Waals surface area contributed by atoms with Gasteiger partial charge in [-0.15, -0.1) is 0 Å². The summed E-state index contributed by atoms with van der Waals surface area (Å²) in [4.78, 5) is 0.603. The Hall–Kier alpha value is -0.980. The van der Waals surface area contributed by atoms with Crippen molar-refractivity contribution in [3.63, 3.8) is 0 Å². The molecule has 0 amide bonds. The molecule has 1 aliphatic rings. The van der Waals surface area contributed by atoms with Gasteiger partial charge in [0.1, 0.15) is 4.99 Å². The molecule has 0 bridgehead atoms. The van der Waals surface area contributed by atoms with Gasteiger partial charge in [-0.1, -0.05) is 32.1 Å². The maximum atomic E-state index is 12.6. The van der Waals surface area contributed by atoms with Gasteiger partial charge < -0.3 is 5.73 Å². The Labute approximate surface area is 126 Å². The van der Waals surface area contributed by atoms with Gasteiger partial charge in [0.15, 0.2) is 0 Å². The Morgan fingerprint density at radius 3 is 2.30 bits per heavy atom. The van der Waals surface area contributed by atoms with Gasteiger partial charge in [0.2, 0.25) is 10.0 Å². The number of nitrogens with two attached hydrogens (primary N) is 1. The van der Waals surface area contributed by atoms with Crippen molar-refractivity contribution in [2.45, 2.75) is 25.7 Å². The average molecular weight is 312 g/mol. The molecule has 2 rings (SSSR count). The van der Waals surface area contributed by atoms with Gasteiger partial charge in [0.25, 0.3) is 0 Å². The second-order valence-corrected chi connectivity index (χ2v) is 8.00. The Morgan fingerprint density at radius 2 is 1.85 bits per heavy atom. The molecule has 110 valence electrons. The molecule has 0 aliphatic carbocycles. The van der Waals surface area contributed by atoms with Crippen molar-refractivity contribution in [3.05, 3.63) is 29.3 Å². The van der Waals surface area contributed by atoms with Gasteiger partial charge in [0.05, 0.1) is 4.90 Å². The van der Waals surface area contributed by atoms with E-state index in [0.717, 1.165) is 11.1 Å². The summed E-state index contributed by atoms with van der Waals surface area (Å²) in [7, 11) is -3.42. The van der Waals surface area contributed by atoms with Gasteiger partial charge >= 0.3 is 0 Å². The molecular formula is C14H20N2O2S2. The lowest BCUT2D eigenvalue weighted by Gasteiger charge is -2.17. The van der Waals surface area contributed by atoms with E-state index in [9.17, 15) is 8.42 Å². The van der Waals surface area contributed by atoms with Gasteiger partial charge in [-0.25, -0.2) is 8.42 Å². The van der Waals surface area contributed by atoms with Crippen molar-refractivity contribution in [2.75, 3.05) is 13.1 Å². The molecule has 2 unspecified atom stereocenters. The molecule has 1 aromatic carbocycles. The van der Waals surface area contributed by atoms with E-state index in [0.29, 0.717) is 29.8 Å². The number of aryl methyl sites for hydroxylation is 1. The van der Waals surface area contributed by atoms with Gasteiger partial charge in [0, 0.05) is 18.7 Å². The van der Waals surface area contributed by atoms with E-state index in [4.69, 9.17) is 18.0 Å². The lowest BCUT2D eigenvalue weighted by Crippen LogP contribution is -2.29. The highest BCUT2D eigenvalue weighted by molar-refractivity contribution is 7.89. The molecule has 0 saturated carbocycles. The van der Waals surface area contributed by atoms with Crippen LogP contribution < -0.4 is 5.73 Å². The fourth-order valence-corrected chi connectivity index (χ4v) is 4.45. The summed E-state index contributed by atoms with van der Waals surface area (Å²) in [6.07, 6.45) is 0. The molecule has 1 fully saturated rings. The van der Waals surface area contributed by atoms with E-state index >= 15 is 0 Å². The second-order valence-electron chi connectivity index (χ2n) is 5.62. The van der Waals surface area contributed by atoms with Crippen LogP contribution in [0.1, 0.15) is 25.0 Å². The summed E-state index contributed by atoms with van der Waals surface area (Å²) >= 11 is 4.94. The van der Waals surface area contributed by atoms with Crippen molar-refractivity contribution in [3.8, 4) is 0 Å². The van der Waals surface area contributed by atoms with Gasteiger partial charge in [-0.3, -0.25) is 0 Å². The van der Waals surface area contributed by atoms with E-state index in [1.807, 2.05) is 6.92 Å². The van der Waals surface area contributed by atoms with Crippen LogP contribution in [0.25, 0.3) is 0 Å². The average Bonchev–Trinajstić information content (AvgIpc) is 2.69. The minimum atomic E-state index is -3.42. The van der Waals surface area contributed by atoms with Crippen molar-refractivity contribution in [1.82, 2.24) is 4.31 Å². The third-order valence-corrected chi connectivity index (χ3v) is 6.10. The first-order valence-electron chi connectivity index (χ1n) is 6.64. The van der Waals surface area contributed by atoms with Crippen LogP contribution in [-0.2, 0) is 10.0 Å². The molecule has 0 spiro atoms. The molecule has 6 heteroatoms. The van der Waals surface area contributed by atoms with E-state index in [1.54, 1.807) is 22.5 Å². The number of hydrogen-bond donors (Lipinski definition) is 1. The van der Waals surface area contributed by atoms with Crippen LogP contribution in [0, 0.1) is 18.8 Å². The third kappa shape index (κ3) is 2.73. The summed E-state index contributed by atoms with van der Waals surface area (Å²) in [5, 5.41) is 0. The van der Waals surface area contributed by atoms with E-state index in [-0.39, 0.29) is 4.99 Å². The quantitative estimate of drug-likeness (QED) is 0.866. The van der Waals surface area contributed by atoms with Crippen LogP contribution in [0.4, 0.5) is 0 Å². The highest BCUT2D eigenvalue weighted by atomic mass is 32.2. The second kappa shape index (κ2) is 5.42. The molecule has 2 atom stereocenters. The van der Waals surface area contributed by atoms with E-state index in [2.05, 4.69) is 13.8 Å². The van der Waals surface area contributed by atoms with Crippen molar-refractivity contribution in [1.29, 1.82) is 0 Å². The highest BCUT2D eigenvalue weighted by Gasteiger charge is 2.35. The number of thiocarbonyl (C=S) groups is 1. The first-order chi connectivity index (χ1) is 9.23. The van der Waals surface area contributed by atoms with Gasteiger partial charge in [-0.05, 0) is 36.5 Å². The fourth-order valence-electron chi connectivity index (χ4n) is 2.50. The first-order valence-corrected chi connectivity index (χ1v) is 8.49. The Bertz CT molecular complexity index is 631. The molecule has 0 aromatic heterocycles. The highest BCUT2D eigenvalue weighted by Crippen LogP contribution is 2.28. The zero-order valence-electron chi connectivity index (χ0n) is 12.0. The Kier molecular flexibility index (Phi) is 4.18. The zero-order valence-corrected chi connectivity index (χ0v) is 13.6. The van der Waals surface area contributed by atoms with Crippen molar-refractivity contribution < 1.29 is 8.42 Å². The smallest absolute Gasteiger partial charge is 0.243 e. The van der Waals surface area contributed by atoms with E-state index in [1.165, 1.54) is 0 Å². The molecule has 1 aliphatic heterocycles. The topological polar surface area (TPSA) is 63.4 Å². The van der Waals surface area contributed by atoms with Gasteiger partial charge in [-0.2, -0.15) is 4.31 Å². The third-order valence-electron chi connectivity index (χ3n) is 4.06. The molecular weight excluding hydrogens is 292 g/mol. The molecule has 20 heavy (non-hydrogen) atoms. The van der Waals surface area contributed by atoms with Crippen LogP contribution in [0.15, 0.2) is 23.1 Å². The Balaban J connectivity index is 2.36. The molecule has 1 saturated heterocycles. The summed E-state index contributed by atoms with van der Waals surface area (Å²) in [5.41, 5.74) is 7.12. The van der Waals surface area contributed by atoms with Crippen LogP contribution in [0.2, 0.25) is 0 Å². The molecule has 4 nitrogen and oxygen atoms in total. The number of sulfonamides is 1. The molecule has 2 N–H and O–H groups in total. The number of nitrogens with zero attached hydrogens (tertiary/aromatic N) is 1. The lowest BCUT2D eigenvalue weighted by molar-refractivity contribution is 0.463. The van der Waals surface area contributed by atoms with E-state index < -0.39 is 10.0 Å². The largest absolute Gasteiger partial charge is 0.389 e. The van der Waals surface area contributed by atoms with Crippen molar-refractivity contribution in [2.24, 2.45) is 17.6 Å². The minimum Gasteiger partial charge on any atom is -0.389 e. The van der Waals surface area contributed by atoms with Crippen LogP contribution >= 0.6 is 12.2 Å². The summed E-state index contributed by atoms with van der Waals surface area (Å²) < 4.78 is 26.8. The number of benzene rings is 1. The Morgan fingerprint density at radius 1 is 1.30 bits per heavy atom. The number of rotatable bonds is 3. The van der Waals surface area contributed by atoms with Crippen LogP contribution in [0.3, 0.4) is 0 Å². The van der Waals surface area contributed by atoms with Crippen LogP contribution in [-0.4, -0.2) is 30.8 Å². The summed E-state index contributed by atoms with van der Waals surface area (Å²) in [6, 6.07) is 4.93. The molecule has 1 aromatic rings. The maximum Gasteiger partial charge on any atom is 0.243 e. The predicted molar refractivity (Wildman–Crippen MR) is 84.2 cm³/mol. The predicted octanol–water partition coefficient (Wildman–Crippen LogP) is 1.91. The minimum absolute atomic E-state index is 0.287. The summed E-state index contributed by atoms with van der Waals surface area (Å²) in [6.45, 7) is 7.16. The number of hydrogen-bond acceptors (Lipinski definition) is 3. The SMILES string of the molecule is Cc1cc(S(=O)(=O)N2CC(C)C(C)C2)ccc1C(N)=S. The lowest BCUT2D eigenvalue weighted by atomic mass is 10.0. The van der Waals surface area contributed by atoms with Crippen molar-refractivity contribution >= 4 is 27.2 Å². The zero-order chi connectivity index (χ0) is 15.1. The standard InChI is InChI=1S/C14H20N2O2S2/c1-9-6-12(4-5-13(9)14(15)19)20(17,18)16-7-10(2)11(3)8-16/h4-6,10-11H,7-8H2,1-3H3,(H2,15,19). The molecule has 1 heterocycles. The summed E-state index contributed by atoms with van der Waals surface area (Å²) in [5.74, 6) is 0.781. The van der Waals surface area contributed by atoms with Crippen LogP contribution in [0.5, 0.6) is 0 Å². The maximum absolute atomic E-state index is 12.6. The fraction of sp³-hybridized carbons (Fsp3) is 0.500. The normalized spacial score (nSPS) is 23.9.